The Bertz CT molecular complexity index is 463. The van der Waals surface area contributed by atoms with E-state index < -0.39 is 0 Å². The van der Waals surface area contributed by atoms with Crippen molar-refractivity contribution in [2.24, 2.45) is 0 Å². The summed E-state index contributed by atoms with van der Waals surface area (Å²) in [6, 6.07) is 3.78. The number of nitrogens with one attached hydrogen (secondary N) is 1. The zero-order valence-electron chi connectivity index (χ0n) is 10.6. The molecular weight excluding hydrogens is 224 g/mol. The van der Waals surface area contributed by atoms with Gasteiger partial charge in [0.25, 0.3) is 0 Å². The average Bonchev–Trinajstić information content (AvgIpc) is 2.46. The van der Waals surface area contributed by atoms with Gasteiger partial charge in [-0.05, 0) is 37.0 Å². The Labute approximate surface area is 108 Å². The van der Waals surface area contributed by atoms with Crippen LogP contribution < -0.4 is 5.32 Å². The smallest absolute Gasteiger partial charge is 0.227 e. The molecule has 18 heavy (non-hydrogen) atoms. The second-order valence-corrected chi connectivity index (χ2v) is 4.48. The number of rotatable bonds is 4. The molecular formula is C15H18N2O. The molecule has 0 spiro atoms. The van der Waals surface area contributed by atoms with Crippen molar-refractivity contribution in [1.29, 1.82) is 0 Å². The molecule has 0 radical (unpaired) electrons. The van der Waals surface area contributed by atoms with Crippen molar-refractivity contribution in [3.8, 4) is 0 Å². The highest BCUT2D eigenvalue weighted by Gasteiger charge is 2.14. The van der Waals surface area contributed by atoms with Gasteiger partial charge >= 0.3 is 0 Å². The Kier molecular flexibility index (Phi) is 4.29. The summed E-state index contributed by atoms with van der Waals surface area (Å²) in [5.41, 5.74) is 2.14. The summed E-state index contributed by atoms with van der Waals surface area (Å²) in [5.74, 6) is -0.116. The van der Waals surface area contributed by atoms with Crippen LogP contribution in [0.2, 0.25) is 0 Å². The molecule has 0 bridgehead atoms. The third-order valence-corrected chi connectivity index (χ3v) is 3.12. The first-order valence-electron chi connectivity index (χ1n) is 6.30. The minimum absolute atomic E-state index is 0.0443. The highest BCUT2D eigenvalue weighted by atomic mass is 16.1. The molecule has 1 unspecified atom stereocenters. The first-order chi connectivity index (χ1) is 8.77. The fourth-order valence-electron chi connectivity index (χ4n) is 1.92. The summed E-state index contributed by atoms with van der Waals surface area (Å²) in [5, 5.41) is 2.96. The van der Waals surface area contributed by atoms with Crippen LogP contribution >= 0.6 is 0 Å². The Morgan fingerprint density at radius 1 is 1.50 bits per heavy atom. The molecule has 1 aliphatic carbocycles. The van der Waals surface area contributed by atoms with Crippen LogP contribution in [-0.4, -0.2) is 17.4 Å². The monoisotopic (exact) mass is 242 g/mol. The van der Waals surface area contributed by atoms with Crippen LogP contribution in [0.1, 0.15) is 31.2 Å². The number of carbonyl (C=O) groups excluding carboxylic acids is 1. The van der Waals surface area contributed by atoms with Gasteiger partial charge in [-0.2, -0.15) is 0 Å². The summed E-state index contributed by atoms with van der Waals surface area (Å²) in [6.07, 6.45) is 12.0. The normalized spacial score (nSPS) is 15.9. The topological polar surface area (TPSA) is 42.0 Å². The minimum Gasteiger partial charge on any atom is -0.352 e. The van der Waals surface area contributed by atoms with Gasteiger partial charge in [0.05, 0.1) is 5.92 Å². The van der Waals surface area contributed by atoms with Crippen LogP contribution in [0.5, 0.6) is 0 Å². The highest BCUT2D eigenvalue weighted by molar-refractivity contribution is 5.83. The fraction of sp³-hybridized carbons (Fsp3) is 0.333. The Balaban J connectivity index is 1.88. The van der Waals surface area contributed by atoms with Gasteiger partial charge in [-0.3, -0.25) is 9.78 Å². The van der Waals surface area contributed by atoms with Crippen LogP contribution in [0.3, 0.4) is 0 Å². The van der Waals surface area contributed by atoms with E-state index in [1.54, 1.807) is 12.4 Å². The fourth-order valence-corrected chi connectivity index (χ4v) is 1.92. The number of hydrogen-bond donors (Lipinski definition) is 1. The molecule has 2 rings (SSSR count). The Morgan fingerprint density at radius 3 is 3.06 bits per heavy atom. The molecule has 1 aromatic rings. The molecule has 0 aromatic carbocycles. The standard InChI is InChI=1S/C15H18N2O/c1-12(14-8-5-9-16-11-14)15(18)17-10-13-6-3-2-4-7-13/h3,5-9,11-12H,2,4,10H2,1H3,(H,17,18). The van der Waals surface area contributed by atoms with E-state index in [0.29, 0.717) is 6.54 Å². The quantitative estimate of drug-likeness (QED) is 0.881. The number of amides is 1. The zero-order valence-corrected chi connectivity index (χ0v) is 10.6. The largest absolute Gasteiger partial charge is 0.352 e. The van der Waals surface area contributed by atoms with E-state index in [4.69, 9.17) is 0 Å². The predicted molar refractivity (Wildman–Crippen MR) is 72.1 cm³/mol. The second-order valence-electron chi connectivity index (χ2n) is 4.48. The average molecular weight is 242 g/mol. The van der Waals surface area contributed by atoms with E-state index in [9.17, 15) is 4.79 Å². The van der Waals surface area contributed by atoms with E-state index in [1.165, 1.54) is 5.57 Å². The molecule has 0 saturated heterocycles. The summed E-state index contributed by atoms with van der Waals surface area (Å²) in [7, 11) is 0. The van der Waals surface area contributed by atoms with Gasteiger partial charge in [0.1, 0.15) is 0 Å². The molecule has 1 atom stereocenters. The maximum atomic E-state index is 12.0. The zero-order chi connectivity index (χ0) is 12.8. The first-order valence-corrected chi connectivity index (χ1v) is 6.30. The number of nitrogens with zero attached hydrogens (tertiary/aromatic N) is 1. The third-order valence-electron chi connectivity index (χ3n) is 3.12. The molecule has 1 aromatic heterocycles. The third kappa shape index (κ3) is 3.29. The lowest BCUT2D eigenvalue weighted by Gasteiger charge is -2.13. The second kappa shape index (κ2) is 6.15. The van der Waals surface area contributed by atoms with Crippen LogP contribution in [0.15, 0.2) is 48.3 Å². The van der Waals surface area contributed by atoms with E-state index in [2.05, 4.69) is 28.5 Å². The van der Waals surface area contributed by atoms with Gasteiger partial charge in [0.15, 0.2) is 0 Å². The number of allylic oxidation sites excluding steroid dienone is 2. The molecule has 3 nitrogen and oxygen atoms in total. The molecule has 1 amide bonds. The van der Waals surface area contributed by atoms with E-state index in [-0.39, 0.29) is 11.8 Å². The number of aromatic nitrogens is 1. The lowest BCUT2D eigenvalue weighted by atomic mass is 10.0. The molecule has 94 valence electrons. The van der Waals surface area contributed by atoms with Gasteiger partial charge < -0.3 is 5.32 Å². The first kappa shape index (κ1) is 12.6. The van der Waals surface area contributed by atoms with Crippen LogP contribution in [0.4, 0.5) is 0 Å². The van der Waals surface area contributed by atoms with Crippen molar-refractivity contribution in [1.82, 2.24) is 10.3 Å². The summed E-state index contributed by atoms with van der Waals surface area (Å²) >= 11 is 0. The van der Waals surface area contributed by atoms with Crippen molar-refractivity contribution in [2.45, 2.75) is 25.7 Å². The SMILES string of the molecule is CC(C(=O)NCC1=CCCC=C1)c1cccnc1. The minimum atomic E-state index is -0.160. The molecule has 0 aliphatic heterocycles. The highest BCUT2D eigenvalue weighted by Crippen LogP contribution is 2.14. The summed E-state index contributed by atoms with van der Waals surface area (Å²) < 4.78 is 0. The molecule has 1 aliphatic rings. The van der Waals surface area contributed by atoms with Crippen molar-refractivity contribution < 1.29 is 4.79 Å². The molecule has 1 N–H and O–H groups in total. The predicted octanol–water partition coefficient (Wildman–Crippen LogP) is 2.58. The van der Waals surface area contributed by atoms with E-state index >= 15 is 0 Å². The van der Waals surface area contributed by atoms with Crippen LogP contribution in [0, 0.1) is 0 Å². The van der Waals surface area contributed by atoms with Gasteiger partial charge in [-0.25, -0.2) is 0 Å². The summed E-state index contributed by atoms with van der Waals surface area (Å²) in [6.45, 7) is 2.51. The summed E-state index contributed by atoms with van der Waals surface area (Å²) in [4.78, 5) is 16.0. The van der Waals surface area contributed by atoms with E-state index in [1.807, 2.05) is 19.1 Å². The van der Waals surface area contributed by atoms with Gasteiger partial charge in [0.2, 0.25) is 5.91 Å². The number of hydrogen-bond acceptors (Lipinski definition) is 2. The molecule has 0 fully saturated rings. The maximum Gasteiger partial charge on any atom is 0.227 e. The van der Waals surface area contributed by atoms with Crippen molar-refractivity contribution in [2.75, 3.05) is 6.54 Å². The molecule has 0 saturated carbocycles. The lowest BCUT2D eigenvalue weighted by Crippen LogP contribution is -2.29. The molecule has 1 heterocycles. The van der Waals surface area contributed by atoms with Crippen molar-refractivity contribution in [3.63, 3.8) is 0 Å². The van der Waals surface area contributed by atoms with Gasteiger partial charge in [0, 0.05) is 18.9 Å². The van der Waals surface area contributed by atoms with Crippen LogP contribution in [-0.2, 0) is 4.79 Å². The van der Waals surface area contributed by atoms with Crippen molar-refractivity contribution in [3.05, 3.63) is 53.9 Å². The van der Waals surface area contributed by atoms with Gasteiger partial charge in [-0.1, -0.05) is 24.3 Å². The lowest BCUT2D eigenvalue weighted by molar-refractivity contribution is -0.122. The number of pyridine rings is 1. The molecule has 3 heteroatoms. The number of carbonyl (C=O) groups is 1. The maximum absolute atomic E-state index is 12.0. The van der Waals surface area contributed by atoms with Gasteiger partial charge in [-0.15, -0.1) is 0 Å². The van der Waals surface area contributed by atoms with E-state index in [0.717, 1.165) is 18.4 Å². The van der Waals surface area contributed by atoms with Crippen LogP contribution in [0.25, 0.3) is 0 Å². The Hall–Kier alpha value is -1.90. The Morgan fingerprint density at radius 2 is 2.39 bits per heavy atom. The van der Waals surface area contributed by atoms with Crippen molar-refractivity contribution >= 4 is 5.91 Å².